The molecule has 0 fully saturated rings. The molecule has 0 aromatic heterocycles. The molecule has 0 amide bonds. The Morgan fingerprint density at radius 2 is 1.54 bits per heavy atom. The number of hydrogen-bond acceptors (Lipinski definition) is 5. The molecule has 24 heavy (non-hydrogen) atoms. The van der Waals surface area contributed by atoms with Gasteiger partial charge in [0.2, 0.25) is 0 Å². The summed E-state index contributed by atoms with van der Waals surface area (Å²) in [4.78, 5) is 23.3. The van der Waals surface area contributed by atoms with Crippen LogP contribution in [0.25, 0.3) is 0 Å². The predicted octanol–water partition coefficient (Wildman–Crippen LogP) is 3.94. The van der Waals surface area contributed by atoms with Crippen LogP contribution in [0.4, 0.5) is 0 Å². The minimum Gasteiger partial charge on any atom is -0.494 e. The number of benzene rings is 1. The molecule has 0 heterocycles. The number of Topliss-reactive ketones (excluding diaryl/α,β-unsaturated/α-hetero) is 1. The summed E-state index contributed by atoms with van der Waals surface area (Å²) in [6.07, 6.45) is 2.30. The molecule has 5 nitrogen and oxygen atoms in total. The highest BCUT2D eigenvalue weighted by molar-refractivity contribution is 5.84. The Balaban J connectivity index is 2.27. The summed E-state index contributed by atoms with van der Waals surface area (Å²) in [5.41, 5.74) is -0.530. The first kappa shape index (κ1) is 20.0. The first-order chi connectivity index (χ1) is 11.3. The zero-order valence-electron chi connectivity index (χ0n) is 15.1. The second kappa shape index (κ2) is 9.96. The van der Waals surface area contributed by atoms with Crippen molar-refractivity contribution >= 4 is 11.8 Å². The topological polar surface area (TPSA) is 61.8 Å². The third-order valence-electron chi connectivity index (χ3n) is 3.02. The van der Waals surface area contributed by atoms with Crippen molar-refractivity contribution in [3.05, 3.63) is 24.3 Å². The van der Waals surface area contributed by atoms with Crippen molar-refractivity contribution in [2.75, 3.05) is 13.2 Å². The number of esters is 1. The largest absolute Gasteiger partial charge is 0.494 e. The molecule has 0 saturated carbocycles. The summed E-state index contributed by atoms with van der Waals surface area (Å²) in [5, 5.41) is 0. The standard InChI is InChI=1S/C19H28O5/c1-5-6-13-22-16-8-10-17(11-9-16)23-14-15(20)7-12-18(21)24-19(2,3)4/h8-11H,5-7,12-14H2,1-4H3. The van der Waals surface area contributed by atoms with E-state index in [1.54, 1.807) is 32.9 Å². The minimum atomic E-state index is -0.530. The second-order valence-corrected chi connectivity index (χ2v) is 6.59. The molecule has 1 aromatic carbocycles. The lowest BCUT2D eigenvalue weighted by Crippen LogP contribution is -2.24. The lowest BCUT2D eigenvalue weighted by molar-refractivity contribution is -0.155. The normalized spacial score (nSPS) is 11.0. The number of carbonyl (C=O) groups excluding carboxylic acids is 2. The first-order valence-corrected chi connectivity index (χ1v) is 8.39. The van der Waals surface area contributed by atoms with Gasteiger partial charge >= 0.3 is 5.97 Å². The molecule has 0 aliphatic carbocycles. The van der Waals surface area contributed by atoms with Gasteiger partial charge in [0.05, 0.1) is 13.0 Å². The Morgan fingerprint density at radius 1 is 0.958 bits per heavy atom. The Labute approximate surface area is 144 Å². The van der Waals surface area contributed by atoms with Crippen molar-refractivity contribution in [1.82, 2.24) is 0 Å². The molecule has 0 N–H and O–H groups in total. The highest BCUT2D eigenvalue weighted by atomic mass is 16.6. The van der Waals surface area contributed by atoms with E-state index in [2.05, 4.69) is 6.92 Å². The van der Waals surface area contributed by atoms with Crippen LogP contribution in [0.1, 0.15) is 53.4 Å². The van der Waals surface area contributed by atoms with Crippen LogP contribution in [0, 0.1) is 0 Å². The Kier molecular flexibility index (Phi) is 8.30. The van der Waals surface area contributed by atoms with E-state index in [1.807, 2.05) is 12.1 Å². The van der Waals surface area contributed by atoms with Gasteiger partial charge in [-0.15, -0.1) is 0 Å². The quantitative estimate of drug-likeness (QED) is 0.478. The zero-order chi connectivity index (χ0) is 18.0. The average Bonchev–Trinajstić information content (AvgIpc) is 2.51. The Hall–Kier alpha value is -2.04. The summed E-state index contributed by atoms with van der Waals surface area (Å²) < 4.78 is 16.1. The van der Waals surface area contributed by atoms with Crippen molar-refractivity contribution in [3.63, 3.8) is 0 Å². The molecule has 1 rings (SSSR count). The highest BCUT2D eigenvalue weighted by Gasteiger charge is 2.17. The van der Waals surface area contributed by atoms with E-state index < -0.39 is 5.60 Å². The van der Waals surface area contributed by atoms with E-state index in [9.17, 15) is 9.59 Å². The third-order valence-corrected chi connectivity index (χ3v) is 3.02. The fourth-order valence-electron chi connectivity index (χ4n) is 1.84. The molecule has 0 spiro atoms. The number of carbonyl (C=O) groups is 2. The summed E-state index contributed by atoms with van der Waals surface area (Å²) in [7, 11) is 0. The van der Waals surface area contributed by atoms with E-state index in [-0.39, 0.29) is 31.2 Å². The van der Waals surface area contributed by atoms with E-state index in [0.717, 1.165) is 18.6 Å². The van der Waals surface area contributed by atoms with Gasteiger partial charge < -0.3 is 14.2 Å². The maximum absolute atomic E-state index is 11.8. The van der Waals surface area contributed by atoms with Crippen molar-refractivity contribution in [1.29, 1.82) is 0 Å². The van der Waals surface area contributed by atoms with Crippen molar-refractivity contribution in [3.8, 4) is 11.5 Å². The van der Waals surface area contributed by atoms with Gasteiger partial charge in [0.1, 0.15) is 23.7 Å². The fraction of sp³-hybridized carbons (Fsp3) is 0.579. The van der Waals surface area contributed by atoms with Gasteiger partial charge in [0.15, 0.2) is 5.78 Å². The number of ketones is 1. The lowest BCUT2D eigenvalue weighted by Gasteiger charge is -2.19. The van der Waals surface area contributed by atoms with Crippen LogP contribution < -0.4 is 9.47 Å². The zero-order valence-corrected chi connectivity index (χ0v) is 15.1. The van der Waals surface area contributed by atoms with E-state index in [1.165, 1.54) is 0 Å². The minimum absolute atomic E-state index is 0.0567. The second-order valence-electron chi connectivity index (χ2n) is 6.59. The summed E-state index contributed by atoms with van der Waals surface area (Å²) in [6.45, 7) is 8.14. The Bertz CT molecular complexity index is 514. The molecule has 0 aliphatic heterocycles. The smallest absolute Gasteiger partial charge is 0.306 e. The lowest BCUT2D eigenvalue weighted by atomic mass is 10.2. The number of hydrogen-bond donors (Lipinski definition) is 0. The van der Waals surface area contributed by atoms with E-state index >= 15 is 0 Å². The molecule has 0 radical (unpaired) electrons. The van der Waals surface area contributed by atoms with Crippen LogP contribution >= 0.6 is 0 Å². The Morgan fingerprint density at radius 3 is 2.08 bits per heavy atom. The van der Waals surface area contributed by atoms with Gasteiger partial charge in [-0.3, -0.25) is 9.59 Å². The van der Waals surface area contributed by atoms with Crippen molar-refractivity contribution in [2.45, 2.75) is 59.0 Å². The molecule has 0 unspecified atom stereocenters. The molecule has 134 valence electrons. The van der Waals surface area contributed by atoms with Crippen LogP contribution in [0.5, 0.6) is 11.5 Å². The number of rotatable bonds is 10. The summed E-state index contributed by atoms with van der Waals surface area (Å²) in [5.74, 6) is 0.879. The van der Waals surface area contributed by atoms with Gasteiger partial charge in [-0.1, -0.05) is 13.3 Å². The molecule has 5 heteroatoms. The van der Waals surface area contributed by atoms with E-state index in [0.29, 0.717) is 12.4 Å². The van der Waals surface area contributed by atoms with E-state index in [4.69, 9.17) is 14.2 Å². The van der Waals surface area contributed by atoms with Crippen LogP contribution in [0.2, 0.25) is 0 Å². The van der Waals surface area contributed by atoms with Gasteiger partial charge in [0.25, 0.3) is 0 Å². The van der Waals surface area contributed by atoms with Gasteiger partial charge in [-0.2, -0.15) is 0 Å². The first-order valence-electron chi connectivity index (χ1n) is 8.39. The van der Waals surface area contributed by atoms with Crippen LogP contribution in [-0.4, -0.2) is 30.6 Å². The van der Waals surface area contributed by atoms with Crippen LogP contribution in [-0.2, 0) is 14.3 Å². The maximum Gasteiger partial charge on any atom is 0.306 e. The highest BCUT2D eigenvalue weighted by Crippen LogP contribution is 2.18. The van der Waals surface area contributed by atoms with Gasteiger partial charge in [0, 0.05) is 6.42 Å². The number of unbranched alkanes of at least 4 members (excludes halogenated alkanes) is 1. The molecule has 1 aromatic rings. The molecule has 0 atom stereocenters. The maximum atomic E-state index is 11.8. The van der Waals surface area contributed by atoms with Crippen LogP contribution in [0.3, 0.4) is 0 Å². The fourth-order valence-corrected chi connectivity index (χ4v) is 1.84. The third kappa shape index (κ3) is 9.18. The monoisotopic (exact) mass is 336 g/mol. The summed E-state index contributed by atoms with van der Waals surface area (Å²) in [6, 6.07) is 7.16. The molecular formula is C19H28O5. The SMILES string of the molecule is CCCCOc1ccc(OCC(=O)CCC(=O)OC(C)(C)C)cc1. The molecule has 0 bridgehead atoms. The molecule has 0 saturated heterocycles. The van der Waals surface area contributed by atoms with Gasteiger partial charge in [-0.25, -0.2) is 0 Å². The van der Waals surface area contributed by atoms with Crippen LogP contribution in [0.15, 0.2) is 24.3 Å². The predicted molar refractivity (Wildman–Crippen MR) is 92.4 cm³/mol. The molecule has 0 aliphatic rings. The van der Waals surface area contributed by atoms with Crippen molar-refractivity contribution < 1.29 is 23.8 Å². The average molecular weight is 336 g/mol. The summed E-state index contributed by atoms with van der Waals surface area (Å²) >= 11 is 0. The van der Waals surface area contributed by atoms with Crippen molar-refractivity contribution in [2.24, 2.45) is 0 Å². The number of ether oxygens (including phenoxy) is 3. The van der Waals surface area contributed by atoms with Gasteiger partial charge in [-0.05, 0) is 51.5 Å². The molecular weight excluding hydrogens is 308 g/mol.